The average Bonchev–Trinajstić information content (AvgIpc) is 2.70. The summed E-state index contributed by atoms with van der Waals surface area (Å²) in [4.78, 5) is 17.3. The van der Waals surface area contributed by atoms with Crippen molar-refractivity contribution in [1.82, 2.24) is 0 Å². The summed E-state index contributed by atoms with van der Waals surface area (Å²) >= 11 is 0. The Labute approximate surface area is 171 Å². The molecule has 0 aromatic heterocycles. The van der Waals surface area contributed by atoms with Gasteiger partial charge in [0.25, 0.3) is 0 Å². The Balaban J connectivity index is 2.32. The Morgan fingerprint density at radius 1 is 1.07 bits per heavy atom. The number of methoxy groups -OCH3 is 1. The maximum Gasteiger partial charge on any atom is 0.337 e. The lowest BCUT2D eigenvalue weighted by Gasteiger charge is -2.29. The van der Waals surface area contributed by atoms with Crippen LogP contribution >= 0.6 is 0 Å². The van der Waals surface area contributed by atoms with Crippen molar-refractivity contribution in [2.75, 3.05) is 20.6 Å². The number of esters is 1. The van der Waals surface area contributed by atoms with E-state index in [1.807, 2.05) is 30.3 Å². The second-order valence-corrected chi connectivity index (χ2v) is 7.71. The zero-order valence-corrected chi connectivity index (χ0v) is 17.4. The number of nitrogens with zero attached hydrogens (tertiary/aromatic N) is 1. The van der Waals surface area contributed by atoms with E-state index in [0.29, 0.717) is 5.75 Å². The molecule has 0 aliphatic carbocycles. The van der Waals surface area contributed by atoms with Crippen LogP contribution in [0, 0.1) is 0 Å². The molecule has 0 amide bonds. The fourth-order valence-corrected chi connectivity index (χ4v) is 2.59. The lowest BCUT2D eigenvalue weighted by molar-refractivity contribution is -0.162. The standard InChI is InChI=1S/C23H28FNO4/c1-22(2,3)29-21(26)23(16-24,25-15-19-8-6-5-7-9-19)14-18-10-12-20(13-11-18)28-17-27-4/h5-13,15H,14,16-17H2,1-4H3. The second-order valence-electron chi connectivity index (χ2n) is 7.71. The predicted octanol–water partition coefficient (Wildman–Crippen LogP) is 4.38. The SMILES string of the molecule is COCOc1ccc(CC(CF)(N=Cc2ccccc2)C(=O)OC(C)(C)C)cc1. The van der Waals surface area contributed by atoms with Crippen LogP contribution in [0.15, 0.2) is 59.6 Å². The Morgan fingerprint density at radius 2 is 1.72 bits per heavy atom. The van der Waals surface area contributed by atoms with Gasteiger partial charge >= 0.3 is 5.97 Å². The van der Waals surface area contributed by atoms with E-state index in [1.165, 1.54) is 13.3 Å². The molecule has 5 nitrogen and oxygen atoms in total. The molecule has 0 bridgehead atoms. The normalized spacial score (nSPS) is 13.8. The van der Waals surface area contributed by atoms with Crippen molar-refractivity contribution >= 4 is 12.2 Å². The molecule has 0 aliphatic heterocycles. The first-order valence-electron chi connectivity index (χ1n) is 9.38. The maximum atomic E-state index is 14.3. The van der Waals surface area contributed by atoms with Crippen molar-refractivity contribution in [2.24, 2.45) is 4.99 Å². The first-order valence-corrected chi connectivity index (χ1v) is 9.38. The third kappa shape index (κ3) is 6.98. The zero-order valence-electron chi connectivity index (χ0n) is 17.4. The topological polar surface area (TPSA) is 57.1 Å². The van der Waals surface area contributed by atoms with E-state index in [2.05, 4.69) is 4.99 Å². The van der Waals surface area contributed by atoms with Gasteiger partial charge < -0.3 is 14.2 Å². The van der Waals surface area contributed by atoms with Crippen LogP contribution in [0.2, 0.25) is 0 Å². The van der Waals surface area contributed by atoms with Crippen LogP contribution in [-0.4, -0.2) is 43.9 Å². The van der Waals surface area contributed by atoms with Gasteiger partial charge in [0.15, 0.2) is 12.3 Å². The highest BCUT2D eigenvalue weighted by Gasteiger charge is 2.42. The molecule has 1 atom stereocenters. The number of carbonyl (C=O) groups is 1. The number of hydrogen-bond acceptors (Lipinski definition) is 5. The number of alkyl halides is 1. The number of aliphatic imine (C=N–C) groups is 1. The largest absolute Gasteiger partial charge is 0.468 e. The molecule has 156 valence electrons. The minimum atomic E-state index is -1.67. The average molecular weight is 401 g/mol. The third-order valence-electron chi connectivity index (χ3n) is 4.02. The molecule has 1 unspecified atom stereocenters. The molecule has 0 spiro atoms. The Hall–Kier alpha value is -2.73. The van der Waals surface area contributed by atoms with Crippen molar-refractivity contribution in [3.63, 3.8) is 0 Å². The highest BCUT2D eigenvalue weighted by Crippen LogP contribution is 2.25. The van der Waals surface area contributed by atoms with Gasteiger partial charge in [-0.1, -0.05) is 42.5 Å². The molecule has 0 radical (unpaired) electrons. The fraction of sp³-hybridized carbons (Fsp3) is 0.391. The van der Waals surface area contributed by atoms with Crippen LogP contribution in [-0.2, 0) is 20.7 Å². The van der Waals surface area contributed by atoms with Crippen molar-refractivity contribution in [2.45, 2.75) is 38.3 Å². The van der Waals surface area contributed by atoms with E-state index in [0.717, 1.165) is 11.1 Å². The summed E-state index contributed by atoms with van der Waals surface area (Å²) in [5.41, 5.74) is -0.906. The van der Waals surface area contributed by atoms with Gasteiger partial charge in [0.1, 0.15) is 18.0 Å². The predicted molar refractivity (Wildman–Crippen MR) is 111 cm³/mol. The van der Waals surface area contributed by atoms with Gasteiger partial charge in [-0.25, -0.2) is 9.18 Å². The molecule has 0 saturated heterocycles. The summed E-state index contributed by atoms with van der Waals surface area (Å²) in [6.45, 7) is 4.39. The summed E-state index contributed by atoms with van der Waals surface area (Å²) in [6, 6.07) is 16.3. The number of benzene rings is 2. The molecular formula is C23H28FNO4. The van der Waals surface area contributed by atoms with Crippen LogP contribution < -0.4 is 4.74 Å². The smallest absolute Gasteiger partial charge is 0.337 e. The summed E-state index contributed by atoms with van der Waals surface area (Å²) in [5.74, 6) is -0.0779. The van der Waals surface area contributed by atoms with E-state index >= 15 is 0 Å². The Morgan fingerprint density at radius 3 is 2.28 bits per heavy atom. The highest BCUT2D eigenvalue weighted by molar-refractivity contribution is 5.87. The third-order valence-corrected chi connectivity index (χ3v) is 4.02. The van der Waals surface area contributed by atoms with Gasteiger partial charge in [-0.15, -0.1) is 0 Å². The van der Waals surface area contributed by atoms with Crippen LogP contribution in [0.25, 0.3) is 0 Å². The molecule has 0 aliphatic rings. The number of halogens is 1. The maximum absolute atomic E-state index is 14.3. The summed E-state index contributed by atoms with van der Waals surface area (Å²) < 4.78 is 30.1. The van der Waals surface area contributed by atoms with Crippen molar-refractivity contribution in [3.8, 4) is 5.75 Å². The quantitative estimate of drug-likeness (QED) is 0.355. The number of carbonyl (C=O) groups excluding carboxylic acids is 1. The monoisotopic (exact) mass is 401 g/mol. The molecule has 2 rings (SSSR count). The van der Waals surface area contributed by atoms with Crippen LogP contribution in [0.5, 0.6) is 5.75 Å². The Bertz CT molecular complexity index is 800. The second kappa shape index (κ2) is 10.2. The van der Waals surface area contributed by atoms with Crippen LogP contribution in [0.4, 0.5) is 4.39 Å². The van der Waals surface area contributed by atoms with E-state index in [-0.39, 0.29) is 13.2 Å². The molecule has 2 aromatic rings. The lowest BCUT2D eigenvalue weighted by atomic mass is 9.92. The number of hydrogen-bond donors (Lipinski definition) is 0. The first-order chi connectivity index (χ1) is 13.8. The number of ether oxygens (including phenoxy) is 3. The molecular weight excluding hydrogens is 373 g/mol. The van der Waals surface area contributed by atoms with E-state index in [1.54, 1.807) is 45.0 Å². The molecule has 0 heterocycles. The van der Waals surface area contributed by atoms with Gasteiger partial charge in [0, 0.05) is 19.7 Å². The minimum absolute atomic E-state index is 0.0618. The highest BCUT2D eigenvalue weighted by atomic mass is 19.1. The molecule has 6 heteroatoms. The lowest BCUT2D eigenvalue weighted by Crippen LogP contribution is -2.46. The minimum Gasteiger partial charge on any atom is -0.468 e. The summed E-state index contributed by atoms with van der Waals surface area (Å²) in [7, 11) is 1.54. The van der Waals surface area contributed by atoms with Crippen LogP contribution in [0.1, 0.15) is 31.9 Å². The molecule has 29 heavy (non-hydrogen) atoms. The zero-order chi connectivity index (χ0) is 21.3. The van der Waals surface area contributed by atoms with E-state index in [4.69, 9.17) is 14.2 Å². The molecule has 2 aromatic carbocycles. The van der Waals surface area contributed by atoms with Gasteiger partial charge in [0.05, 0.1) is 0 Å². The van der Waals surface area contributed by atoms with E-state index in [9.17, 15) is 9.18 Å². The van der Waals surface area contributed by atoms with Crippen molar-refractivity contribution < 1.29 is 23.4 Å². The molecule has 0 N–H and O–H groups in total. The first kappa shape index (κ1) is 22.6. The van der Waals surface area contributed by atoms with E-state index < -0.39 is 23.8 Å². The summed E-state index contributed by atoms with van der Waals surface area (Å²) in [5, 5.41) is 0. The number of rotatable bonds is 9. The van der Waals surface area contributed by atoms with Gasteiger partial charge in [0.2, 0.25) is 0 Å². The van der Waals surface area contributed by atoms with Gasteiger partial charge in [-0.2, -0.15) is 0 Å². The fourth-order valence-electron chi connectivity index (χ4n) is 2.59. The van der Waals surface area contributed by atoms with Crippen molar-refractivity contribution in [1.29, 1.82) is 0 Å². The van der Waals surface area contributed by atoms with Crippen molar-refractivity contribution in [3.05, 3.63) is 65.7 Å². The Kier molecular flexibility index (Phi) is 7.91. The van der Waals surface area contributed by atoms with Crippen LogP contribution in [0.3, 0.4) is 0 Å². The molecule has 0 fully saturated rings. The molecule has 0 saturated carbocycles. The van der Waals surface area contributed by atoms with Gasteiger partial charge in [-0.05, 0) is 44.0 Å². The summed E-state index contributed by atoms with van der Waals surface area (Å²) in [6.07, 6.45) is 1.58. The van der Waals surface area contributed by atoms with Gasteiger partial charge in [-0.3, -0.25) is 4.99 Å².